The van der Waals surface area contributed by atoms with E-state index < -0.39 is 0 Å². The molecule has 0 aliphatic carbocycles. The molecule has 1 atom stereocenters. The lowest BCUT2D eigenvalue weighted by Crippen LogP contribution is -2.34. The molecule has 0 saturated heterocycles. The summed E-state index contributed by atoms with van der Waals surface area (Å²) in [6, 6.07) is 16.0. The molecule has 0 bridgehead atoms. The molecule has 1 N–H and O–H groups in total. The van der Waals surface area contributed by atoms with E-state index in [2.05, 4.69) is 20.6 Å². The van der Waals surface area contributed by atoms with Crippen LogP contribution in [0.5, 0.6) is 0 Å². The van der Waals surface area contributed by atoms with Gasteiger partial charge < -0.3 is 4.74 Å². The number of nitrogens with zero attached hydrogens (tertiary/aromatic N) is 5. The molecule has 0 spiro atoms. The third kappa shape index (κ3) is 3.21. The molecule has 4 rings (SSSR count). The van der Waals surface area contributed by atoms with Gasteiger partial charge in [0.05, 0.1) is 14.2 Å². The molecule has 2 aromatic carbocycles. The van der Waals surface area contributed by atoms with Gasteiger partial charge in [-0.2, -0.15) is 4.59 Å². The van der Waals surface area contributed by atoms with Gasteiger partial charge in [0.2, 0.25) is 0 Å². The van der Waals surface area contributed by atoms with Crippen molar-refractivity contribution in [1.82, 2.24) is 20.6 Å². The Kier molecular flexibility index (Phi) is 5.01. The van der Waals surface area contributed by atoms with E-state index in [9.17, 15) is 4.79 Å². The molecule has 8 heteroatoms. The first-order valence-corrected chi connectivity index (χ1v) is 9.68. The van der Waals surface area contributed by atoms with E-state index in [1.807, 2.05) is 69.4 Å². The zero-order valence-electron chi connectivity index (χ0n) is 17.4. The van der Waals surface area contributed by atoms with E-state index in [-0.39, 0.29) is 5.97 Å². The van der Waals surface area contributed by atoms with Gasteiger partial charge in [-0.1, -0.05) is 41.5 Å². The van der Waals surface area contributed by atoms with Crippen molar-refractivity contribution in [2.75, 3.05) is 20.7 Å². The largest absolute Gasteiger partial charge is 0.465 e. The van der Waals surface area contributed by atoms with Crippen LogP contribution in [0.25, 0.3) is 28.2 Å². The monoisotopic (exact) mass is 403 g/mol. The number of tetrazole rings is 1. The lowest BCUT2D eigenvalue weighted by Gasteiger charge is -2.25. The van der Waals surface area contributed by atoms with Gasteiger partial charge in [-0.05, 0) is 47.5 Å². The highest BCUT2D eigenvalue weighted by molar-refractivity contribution is 6.24. The standard InChI is InChI=1S/C22H22N6O2/c1-5-28(3)20(19(14(2)25-28)22(29)30-4)16-12-10-15(11-13-16)17-8-6-7-9-18(17)21-23-26-27-24-21/h6-13H,5H2,1-4H3/p+1. The topological polar surface area (TPSA) is 93.1 Å². The summed E-state index contributed by atoms with van der Waals surface area (Å²) < 4.78 is 5.34. The Morgan fingerprint density at radius 1 is 1.07 bits per heavy atom. The maximum Gasteiger partial charge on any atom is 0.346 e. The quantitative estimate of drug-likeness (QED) is 0.521. The number of benzene rings is 2. The SMILES string of the molecule is CC[N+]1(C)N=C(C)C(C(=O)OC)=C1c1ccc(-c2ccccc2-c2nnn[nH]2)cc1. The van der Waals surface area contributed by atoms with E-state index in [1.54, 1.807) is 0 Å². The zero-order valence-corrected chi connectivity index (χ0v) is 17.4. The van der Waals surface area contributed by atoms with Gasteiger partial charge in [0.1, 0.15) is 17.8 Å². The van der Waals surface area contributed by atoms with Crippen LogP contribution in [0.15, 0.2) is 59.2 Å². The molecule has 1 aliphatic rings. The van der Waals surface area contributed by atoms with Crippen LogP contribution in [0.3, 0.4) is 0 Å². The molecule has 2 heterocycles. The fourth-order valence-corrected chi connectivity index (χ4v) is 3.86. The Labute approximate surface area is 174 Å². The number of aromatic amines is 1. The molecule has 8 nitrogen and oxygen atoms in total. The van der Waals surface area contributed by atoms with Crippen molar-refractivity contribution in [3.8, 4) is 22.5 Å². The molecule has 0 amide bonds. The highest BCUT2D eigenvalue weighted by atomic mass is 16.5. The summed E-state index contributed by atoms with van der Waals surface area (Å²) in [5.74, 6) is 0.245. The number of aromatic nitrogens is 4. The first-order chi connectivity index (χ1) is 14.5. The van der Waals surface area contributed by atoms with Crippen LogP contribution in [0.1, 0.15) is 19.4 Å². The first-order valence-electron chi connectivity index (χ1n) is 9.68. The van der Waals surface area contributed by atoms with E-state index >= 15 is 0 Å². The van der Waals surface area contributed by atoms with E-state index in [0.29, 0.717) is 21.7 Å². The van der Waals surface area contributed by atoms with Gasteiger partial charge in [-0.3, -0.25) is 0 Å². The van der Waals surface area contributed by atoms with Gasteiger partial charge >= 0.3 is 5.97 Å². The molecule has 1 unspecified atom stereocenters. The Hall–Kier alpha value is -3.65. The third-order valence-electron chi connectivity index (χ3n) is 5.45. The second kappa shape index (κ2) is 7.64. The first kappa shape index (κ1) is 19.7. The van der Waals surface area contributed by atoms with Crippen molar-refractivity contribution in [1.29, 1.82) is 0 Å². The number of quaternary nitrogens is 1. The van der Waals surface area contributed by atoms with Crippen LogP contribution in [0, 0.1) is 0 Å². The number of esters is 1. The highest BCUT2D eigenvalue weighted by Crippen LogP contribution is 2.37. The normalized spacial score (nSPS) is 18.5. The summed E-state index contributed by atoms with van der Waals surface area (Å²) >= 11 is 0. The maximum atomic E-state index is 12.5. The maximum absolute atomic E-state index is 12.5. The molecule has 0 radical (unpaired) electrons. The smallest absolute Gasteiger partial charge is 0.346 e. The molecular weight excluding hydrogens is 380 g/mol. The van der Waals surface area contributed by atoms with Crippen LogP contribution in [-0.2, 0) is 9.53 Å². The fourth-order valence-electron chi connectivity index (χ4n) is 3.86. The summed E-state index contributed by atoms with van der Waals surface area (Å²) in [6.07, 6.45) is 0. The minimum absolute atomic E-state index is 0.302. The van der Waals surface area contributed by atoms with Crippen molar-refractivity contribution in [2.45, 2.75) is 13.8 Å². The molecule has 30 heavy (non-hydrogen) atoms. The van der Waals surface area contributed by atoms with Crippen LogP contribution in [-0.4, -0.2) is 57.6 Å². The number of rotatable bonds is 5. The van der Waals surface area contributed by atoms with Crippen molar-refractivity contribution >= 4 is 17.4 Å². The van der Waals surface area contributed by atoms with Crippen LogP contribution < -0.4 is 0 Å². The number of carbonyl (C=O) groups excluding carboxylic acids is 1. The van der Waals surface area contributed by atoms with E-state index in [1.165, 1.54) is 7.11 Å². The fraction of sp³-hybridized carbons (Fsp3) is 0.227. The van der Waals surface area contributed by atoms with Crippen LogP contribution in [0.4, 0.5) is 0 Å². The van der Waals surface area contributed by atoms with Crippen LogP contribution in [0.2, 0.25) is 0 Å². The Bertz CT molecular complexity index is 1150. The Balaban J connectivity index is 1.80. The molecule has 0 saturated carbocycles. The van der Waals surface area contributed by atoms with Gasteiger partial charge in [-0.15, -0.1) is 5.10 Å². The van der Waals surface area contributed by atoms with Crippen molar-refractivity contribution in [2.24, 2.45) is 5.10 Å². The number of nitrogens with one attached hydrogen (secondary N) is 1. The van der Waals surface area contributed by atoms with Crippen molar-refractivity contribution < 1.29 is 14.1 Å². The predicted octanol–water partition coefficient (Wildman–Crippen LogP) is 3.27. The second-order valence-corrected chi connectivity index (χ2v) is 7.23. The average Bonchev–Trinajstić information content (AvgIpc) is 3.40. The van der Waals surface area contributed by atoms with Gasteiger partial charge in [0.15, 0.2) is 11.5 Å². The zero-order chi connectivity index (χ0) is 21.3. The van der Waals surface area contributed by atoms with Crippen molar-refractivity contribution in [3.63, 3.8) is 0 Å². The van der Waals surface area contributed by atoms with Gasteiger partial charge in [0, 0.05) is 11.1 Å². The summed E-state index contributed by atoms with van der Waals surface area (Å²) in [4.78, 5) is 12.5. The second-order valence-electron chi connectivity index (χ2n) is 7.23. The summed E-state index contributed by atoms with van der Waals surface area (Å²) in [5.41, 5.74) is 5.95. The summed E-state index contributed by atoms with van der Waals surface area (Å²) in [7, 11) is 3.39. The molecular formula is C22H23N6O2+. The lowest BCUT2D eigenvalue weighted by molar-refractivity contribution is -0.842. The molecule has 1 aliphatic heterocycles. The number of carbonyl (C=O) groups is 1. The number of hydrogen-bond donors (Lipinski definition) is 1. The average molecular weight is 403 g/mol. The molecule has 1 aromatic heterocycles. The van der Waals surface area contributed by atoms with E-state index in [4.69, 9.17) is 9.84 Å². The minimum atomic E-state index is -0.367. The highest BCUT2D eigenvalue weighted by Gasteiger charge is 2.41. The summed E-state index contributed by atoms with van der Waals surface area (Å²) in [5, 5.41) is 18.9. The number of hydrogen-bond acceptors (Lipinski definition) is 6. The van der Waals surface area contributed by atoms with Crippen molar-refractivity contribution in [3.05, 3.63) is 59.7 Å². The van der Waals surface area contributed by atoms with E-state index in [0.717, 1.165) is 34.5 Å². The third-order valence-corrected chi connectivity index (χ3v) is 5.45. The Morgan fingerprint density at radius 2 is 1.73 bits per heavy atom. The molecule has 0 fully saturated rings. The number of methoxy groups -OCH3 is 1. The predicted molar refractivity (Wildman–Crippen MR) is 114 cm³/mol. The van der Waals surface area contributed by atoms with Crippen LogP contribution >= 0.6 is 0 Å². The Morgan fingerprint density at radius 3 is 2.33 bits per heavy atom. The number of H-pyrrole nitrogens is 1. The van der Waals surface area contributed by atoms with Gasteiger partial charge in [0.25, 0.3) is 0 Å². The summed E-state index contributed by atoms with van der Waals surface area (Å²) in [6.45, 7) is 4.62. The van der Waals surface area contributed by atoms with Gasteiger partial charge in [-0.25, -0.2) is 9.89 Å². The lowest BCUT2D eigenvalue weighted by atomic mass is 9.96. The molecule has 3 aromatic rings. The minimum Gasteiger partial charge on any atom is -0.465 e. The molecule has 152 valence electrons. The number of ether oxygens (including phenoxy) is 1.